The molecule has 0 fully saturated rings. The fourth-order valence-electron chi connectivity index (χ4n) is 9.97. The molecule has 426 valence electrons. The summed E-state index contributed by atoms with van der Waals surface area (Å²) < 4.78 is 0. The molecule has 0 bridgehead atoms. The molecule has 12 rings (SSSR count). The molecule has 0 saturated carbocycles. The minimum atomic E-state index is 0. The molecule has 12 aromatic carbocycles. The van der Waals surface area contributed by atoms with Crippen molar-refractivity contribution in [1.29, 1.82) is 0 Å². The van der Waals surface area contributed by atoms with Crippen molar-refractivity contribution >= 4 is 81.2 Å². The SMILES string of the molecule is C[Si].C[Si].C[Si](C)CCCC[Si](C)C.Cc1cc2c(-c3ccccc3)cccc2[cH-]1.Cc1cc2c(-c3ccccc3)cccc2[cH-]1.Cc1cc2c(-c3ccccc3)cccc2[cH-]1.Cc1cc2c(-c3ccccc3)cccc2[cH-]1.[CH3-].[CH3-].[CH3-].[CH3-].[Hf+4].[Hf+4]. The van der Waals surface area contributed by atoms with E-state index in [0.717, 1.165) is 0 Å². The molecular weight excluding hydrogens is 1410 g/mol. The first kappa shape index (κ1) is 78.8. The maximum atomic E-state index is 2.97. The van der Waals surface area contributed by atoms with E-state index < -0.39 is 0 Å². The van der Waals surface area contributed by atoms with Crippen molar-refractivity contribution < 1.29 is 51.7 Å². The first-order valence-corrected chi connectivity index (χ1v) is 34.9. The van der Waals surface area contributed by atoms with Crippen LogP contribution in [0.5, 0.6) is 0 Å². The molecule has 0 unspecified atom stereocenters. The van der Waals surface area contributed by atoms with E-state index >= 15 is 0 Å². The van der Waals surface area contributed by atoms with Crippen LogP contribution in [0.3, 0.4) is 0 Å². The molecule has 6 heteroatoms. The second-order valence-corrected chi connectivity index (χ2v) is 26.3. The Morgan fingerprint density at radius 1 is 0.286 bits per heavy atom. The molecule has 84 heavy (non-hydrogen) atoms. The number of hydrogen-bond donors (Lipinski definition) is 0. The number of rotatable bonds is 9. The van der Waals surface area contributed by atoms with Gasteiger partial charge in [0.1, 0.15) is 0 Å². The van der Waals surface area contributed by atoms with Gasteiger partial charge in [-0.05, 0) is 22.3 Å². The van der Waals surface area contributed by atoms with E-state index in [1.807, 2.05) is 0 Å². The van der Waals surface area contributed by atoms with Crippen LogP contribution in [-0.2, 0) is 51.7 Å². The average Bonchev–Trinajstić information content (AvgIpc) is 4.44. The Balaban J connectivity index is 0.00000100. The van der Waals surface area contributed by atoms with Crippen molar-refractivity contribution in [2.75, 3.05) is 0 Å². The van der Waals surface area contributed by atoms with Crippen molar-refractivity contribution in [1.82, 2.24) is 0 Å². The summed E-state index contributed by atoms with van der Waals surface area (Å²) in [5.41, 5.74) is 15.8. The zero-order valence-corrected chi connectivity index (χ0v) is 64.1. The standard InChI is InChI=1S/4C16H13.C8H20Si2.2CH3Si.4CH3.2Hf/c4*1-12-10-14-8-5-9-15(16(14)11-12)13-6-3-2-4-7-13;1-9(2)7-5-6-8-10(3)4;2*1-2;;;;;;/h4*2-11H,1H3;5-8H2,1-4H3;2*1H3;4*1H3;;/q4*-1;;;;4*-1;2*+4. The third-order valence-electron chi connectivity index (χ3n) is 13.5. The van der Waals surface area contributed by atoms with Crippen molar-refractivity contribution in [3.05, 3.63) is 295 Å². The summed E-state index contributed by atoms with van der Waals surface area (Å²) in [5, 5.41) is 10.7. The number of hydrogen-bond acceptors (Lipinski definition) is 0. The minimum Gasteiger partial charge on any atom is -0.358 e. The molecular formula is C78H90Hf2Si4. The summed E-state index contributed by atoms with van der Waals surface area (Å²) in [6.07, 6.45) is 2.99. The first-order chi connectivity index (χ1) is 38.0. The summed E-state index contributed by atoms with van der Waals surface area (Å²) in [7, 11) is 6.10. The largest absolute Gasteiger partial charge is 4.00 e. The van der Waals surface area contributed by atoms with Gasteiger partial charge < -0.3 is 29.7 Å². The van der Waals surface area contributed by atoms with Crippen LogP contribution in [0.1, 0.15) is 35.1 Å². The maximum absolute atomic E-state index is 2.97. The van der Waals surface area contributed by atoms with E-state index in [9.17, 15) is 0 Å². The van der Waals surface area contributed by atoms with Gasteiger partial charge in [-0.2, -0.15) is 24.3 Å². The smallest absolute Gasteiger partial charge is 0.358 e. The monoisotopic (exact) mass is 1500 g/mol. The van der Waals surface area contributed by atoms with E-state index in [0.29, 0.717) is 0 Å². The van der Waals surface area contributed by atoms with Crippen LogP contribution in [-0.4, -0.2) is 38.1 Å². The molecule has 8 radical (unpaired) electrons. The van der Waals surface area contributed by atoms with Crippen LogP contribution in [0.25, 0.3) is 87.6 Å². The third kappa shape index (κ3) is 23.2. The fourth-order valence-corrected chi connectivity index (χ4v) is 11.9. The van der Waals surface area contributed by atoms with Crippen molar-refractivity contribution in [2.24, 2.45) is 0 Å². The van der Waals surface area contributed by atoms with Gasteiger partial charge in [0.2, 0.25) is 0 Å². The summed E-state index contributed by atoms with van der Waals surface area (Å²) in [6.45, 7) is 21.8. The molecule has 0 N–H and O–H groups in total. The van der Waals surface area contributed by atoms with Crippen LogP contribution in [0, 0.1) is 57.4 Å². The van der Waals surface area contributed by atoms with E-state index in [4.69, 9.17) is 0 Å². The first-order valence-electron chi connectivity index (χ1n) is 27.4. The van der Waals surface area contributed by atoms with Gasteiger partial charge in [-0.1, -0.05) is 260 Å². The number of aryl methyl sites for hydroxylation is 4. The summed E-state index contributed by atoms with van der Waals surface area (Å²) in [5.74, 6) is 0. The van der Waals surface area contributed by atoms with Gasteiger partial charge in [0.05, 0.1) is 0 Å². The quantitative estimate of drug-likeness (QED) is 0.0768. The average molecular weight is 1500 g/mol. The van der Waals surface area contributed by atoms with Gasteiger partial charge >= 0.3 is 51.7 Å². The minimum absolute atomic E-state index is 0. The van der Waals surface area contributed by atoms with Gasteiger partial charge in [0.25, 0.3) is 0 Å². The molecule has 12 aromatic rings. The second-order valence-electron chi connectivity index (χ2n) is 20.5. The molecule has 0 saturated heterocycles. The van der Waals surface area contributed by atoms with Gasteiger partial charge in [0, 0.05) is 38.1 Å². The Hall–Kier alpha value is -5.19. The van der Waals surface area contributed by atoms with Gasteiger partial charge in [-0.25, -0.2) is 0 Å². The van der Waals surface area contributed by atoms with Crippen molar-refractivity contribution in [3.63, 3.8) is 0 Å². The van der Waals surface area contributed by atoms with Crippen LogP contribution in [0.4, 0.5) is 0 Å². The Bertz CT molecular complexity index is 3130. The summed E-state index contributed by atoms with van der Waals surface area (Å²) in [4.78, 5) is 0. The maximum Gasteiger partial charge on any atom is 4.00 e. The van der Waals surface area contributed by atoms with Crippen molar-refractivity contribution in [3.8, 4) is 44.5 Å². The molecule has 0 heterocycles. The molecule has 0 nitrogen and oxygen atoms in total. The second kappa shape index (κ2) is 41.8. The van der Waals surface area contributed by atoms with Crippen molar-refractivity contribution in [2.45, 2.75) is 91.9 Å². The predicted molar refractivity (Wildman–Crippen MR) is 382 cm³/mol. The molecule has 0 aliphatic heterocycles. The topological polar surface area (TPSA) is 0 Å². The Kier molecular flexibility index (Phi) is 39.2. The Morgan fingerprint density at radius 2 is 0.476 bits per heavy atom. The Labute approximate surface area is 558 Å². The normalized spacial score (nSPS) is 9.74. The van der Waals surface area contributed by atoms with Crippen LogP contribution in [0.15, 0.2) is 243 Å². The van der Waals surface area contributed by atoms with E-state index in [1.54, 1.807) is 13.1 Å². The van der Waals surface area contributed by atoms with Gasteiger partial charge in [0.15, 0.2) is 0 Å². The van der Waals surface area contributed by atoms with Gasteiger partial charge in [-0.3, -0.25) is 0 Å². The van der Waals surface area contributed by atoms with E-state index in [-0.39, 0.29) is 99.0 Å². The van der Waals surface area contributed by atoms with E-state index in [2.05, 4.69) is 317 Å². The zero-order chi connectivity index (χ0) is 55.8. The van der Waals surface area contributed by atoms with E-state index in [1.165, 1.54) is 135 Å². The van der Waals surface area contributed by atoms with Gasteiger partial charge in [-0.15, -0.1) is 138 Å². The molecule has 0 atom stereocenters. The molecule has 0 aliphatic carbocycles. The zero-order valence-electron chi connectivity index (χ0n) is 52.9. The molecule has 0 amide bonds. The fraction of sp³-hybridized carbons (Fsp3) is 0.179. The third-order valence-corrected chi connectivity index (χ3v) is 16.2. The predicted octanol–water partition coefficient (Wildman–Crippen LogP) is 23.6. The molecule has 0 aliphatic rings. The summed E-state index contributed by atoms with van der Waals surface area (Å²) in [6, 6.07) is 89.3. The summed E-state index contributed by atoms with van der Waals surface area (Å²) >= 11 is 0. The van der Waals surface area contributed by atoms with Crippen LogP contribution in [0.2, 0.25) is 51.4 Å². The molecule has 0 spiro atoms. The molecule has 0 aromatic heterocycles. The van der Waals surface area contributed by atoms with Crippen LogP contribution < -0.4 is 0 Å². The number of unbranched alkanes of at least 4 members (excludes halogenated alkanes) is 1. The number of fused-ring (bicyclic) bond motifs is 4. The Morgan fingerprint density at radius 3 is 0.655 bits per heavy atom. The number of benzene rings is 8. The van der Waals surface area contributed by atoms with Crippen LogP contribution >= 0.6 is 0 Å².